The fourth-order valence-electron chi connectivity index (χ4n) is 4.17. The number of aromatic nitrogens is 6. The average molecular weight is 452 g/mol. The Balaban J connectivity index is 1.72. The van der Waals surface area contributed by atoms with Crippen LogP contribution in [-0.2, 0) is 6.54 Å². The first-order valence-corrected chi connectivity index (χ1v) is 10.5. The van der Waals surface area contributed by atoms with Crippen molar-refractivity contribution in [3.8, 4) is 11.8 Å². The SMILES string of the molecule is N#Cc1cc2c3cn(Cc4ccccn4)nc3c(=O)n(-c3cccc4[nH]ncc34)c2cc1Cl. The van der Waals surface area contributed by atoms with Crippen LogP contribution in [-0.4, -0.2) is 29.5 Å². The molecule has 4 heterocycles. The van der Waals surface area contributed by atoms with Crippen LogP contribution in [0.15, 0.2) is 71.9 Å². The van der Waals surface area contributed by atoms with Crippen molar-refractivity contribution in [1.29, 1.82) is 5.26 Å². The zero-order valence-electron chi connectivity index (χ0n) is 17.0. The Morgan fingerprint density at radius 1 is 1.09 bits per heavy atom. The minimum absolute atomic E-state index is 0.276. The number of hydrogen-bond donors (Lipinski definition) is 1. The number of nitrogens with one attached hydrogen (secondary N) is 1. The number of rotatable bonds is 3. The molecule has 2 aromatic carbocycles. The van der Waals surface area contributed by atoms with E-state index in [-0.39, 0.29) is 10.6 Å². The van der Waals surface area contributed by atoms with E-state index in [9.17, 15) is 10.1 Å². The molecule has 0 aliphatic heterocycles. The first-order chi connectivity index (χ1) is 16.1. The van der Waals surface area contributed by atoms with Gasteiger partial charge in [-0.15, -0.1) is 0 Å². The number of nitriles is 1. The predicted octanol–water partition coefficient (Wildman–Crippen LogP) is 4.19. The number of nitrogens with zero attached hydrogens (tertiary/aromatic N) is 6. The smallest absolute Gasteiger partial charge is 0.278 e. The van der Waals surface area contributed by atoms with Gasteiger partial charge >= 0.3 is 0 Å². The Morgan fingerprint density at radius 2 is 2.00 bits per heavy atom. The molecule has 0 aliphatic carbocycles. The topological polar surface area (TPSA) is 105 Å². The molecule has 0 atom stereocenters. The highest BCUT2D eigenvalue weighted by Gasteiger charge is 2.19. The van der Waals surface area contributed by atoms with Crippen LogP contribution in [0.3, 0.4) is 0 Å². The minimum atomic E-state index is -0.285. The van der Waals surface area contributed by atoms with Crippen molar-refractivity contribution in [2.24, 2.45) is 0 Å². The summed E-state index contributed by atoms with van der Waals surface area (Å²) in [6.07, 6.45) is 5.21. The molecule has 1 N–H and O–H groups in total. The quantitative estimate of drug-likeness (QED) is 0.434. The molecule has 33 heavy (non-hydrogen) atoms. The van der Waals surface area contributed by atoms with E-state index >= 15 is 0 Å². The molecule has 0 unspecified atom stereocenters. The van der Waals surface area contributed by atoms with Crippen molar-refractivity contribution in [2.75, 3.05) is 0 Å². The summed E-state index contributed by atoms with van der Waals surface area (Å²) in [7, 11) is 0. The van der Waals surface area contributed by atoms with Crippen molar-refractivity contribution in [3.05, 3.63) is 93.8 Å². The maximum atomic E-state index is 13.8. The zero-order chi connectivity index (χ0) is 22.5. The Bertz CT molecular complexity index is 1790. The maximum Gasteiger partial charge on any atom is 0.284 e. The summed E-state index contributed by atoms with van der Waals surface area (Å²) in [6, 6.07) is 16.7. The lowest BCUT2D eigenvalue weighted by Crippen LogP contribution is -2.20. The Kier molecular flexibility index (Phi) is 4.25. The summed E-state index contributed by atoms with van der Waals surface area (Å²) in [5, 5.41) is 23.6. The number of halogens is 1. The summed E-state index contributed by atoms with van der Waals surface area (Å²) in [5.74, 6) is 0. The molecule has 0 amide bonds. The van der Waals surface area contributed by atoms with E-state index in [0.717, 1.165) is 16.6 Å². The Morgan fingerprint density at radius 3 is 2.82 bits per heavy atom. The van der Waals surface area contributed by atoms with Crippen molar-refractivity contribution in [1.82, 2.24) is 29.5 Å². The van der Waals surface area contributed by atoms with Crippen LogP contribution in [0.1, 0.15) is 11.3 Å². The summed E-state index contributed by atoms with van der Waals surface area (Å²) in [4.78, 5) is 18.1. The number of H-pyrrole nitrogens is 1. The fourth-order valence-corrected chi connectivity index (χ4v) is 4.37. The first kappa shape index (κ1) is 19.2. The molecule has 0 spiro atoms. The molecule has 158 valence electrons. The lowest BCUT2D eigenvalue weighted by molar-refractivity contribution is 0.680. The Labute approximate surface area is 191 Å². The van der Waals surface area contributed by atoms with Gasteiger partial charge in [0.2, 0.25) is 0 Å². The van der Waals surface area contributed by atoms with Crippen molar-refractivity contribution >= 4 is 44.3 Å². The monoisotopic (exact) mass is 451 g/mol. The Hall–Kier alpha value is -4.48. The van der Waals surface area contributed by atoms with E-state index in [0.29, 0.717) is 39.6 Å². The van der Waals surface area contributed by atoms with E-state index in [1.165, 1.54) is 0 Å². The van der Waals surface area contributed by atoms with Crippen LogP contribution in [0.25, 0.3) is 38.4 Å². The molecule has 8 nitrogen and oxygen atoms in total. The normalized spacial score (nSPS) is 11.4. The van der Waals surface area contributed by atoms with Crippen molar-refractivity contribution in [2.45, 2.75) is 6.54 Å². The molecule has 6 aromatic rings. The highest BCUT2D eigenvalue weighted by molar-refractivity contribution is 6.32. The van der Waals surface area contributed by atoms with Gasteiger partial charge in [-0.1, -0.05) is 23.7 Å². The van der Waals surface area contributed by atoms with Crippen LogP contribution in [0, 0.1) is 11.3 Å². The molecule has 4 aromatic heterocycles. The lowest BCUT2D eigenvalue weighted by Gasteiger charge is -2.13. The second kappa shape index (κ2) is 7.29. The van der Waals surface area contributed by atoms with Gasteiger partial charge < -0.3 is 0 Å². The molecule has 0 aliphatic rings. The maximum absolute atomic E-state index is 13.8. The van der Waals surface area contributed by atoms with Gasteiger partial charge in [-0.25, -0.2) is 0 Å². The first-order valence-electron chi connectivity index (χ1n) is 10.1. The van der Waals surface area contributed by atoms with Gasteiger partial charge in [0.15, 0.2) is 5.52 Å². The zero-order valence-corrected chi connectivity index (χ0v) is 17.8. The predicted molar refractivity (Wildman–Crippen MR) is 126 cm³/mol. The van der Waals surface area contributed by atoms with Crippen LogP contribution < -0.4 is 5.56 Å². The summed E-state index contributed by atoms with van der Waals surface area (Å²) in [5.41, 5.74) is 3.19. The summed E-state index contributed by atoms with van der Waals surface area (Å²) < 4.78 is 3.28. The third-order valence-corrected chi connectivity index (χ3v) is 5.97. The minimum Gasteiger partial charge on any atom is -0.278 e. The molecule has 9 heteroatoms. The van der Waals surface area contributed by atoms with Gasteiger partial charge in [-0.2, -0.15) is 15.5 Å². The number of hydrogen-bond acceptors (Lipinski definition) is 5. The molecule has 0 saturated carbocycles. The van der Waals surface area contributed by atoms with Gasteiger partial charge in [0.25, 0.3) is 5.56 Å². The average Bonchev–Trinajstić information content (AvgIpc) is 3.47. The third-order valence-electron chi connectivity index (χ3n) is 5.66. The van der Waals surface area contributed by atoms with Gasteiger partial charge in [-0.3, -0.25) is 24.1 Å². The standard InChI is InChI=1S/C24H14ClN7O/c25-19-9-22-16(8-14(19)10-26)18-13-31(12-15-4-1-2-7-27-15)30-23(18)24(33)32(22)21-6-3-5-20-17(21)11-28-29-20/h1-9,11,13H,12H2,(H,28,29). The molecular weight excluding hydrogens is 438 g/mol. The number of pyridine rings is 2. The third kappa shape index (κ3) is 2.98. The highest BCUT2D eigenvalue weighted by Crippen LogP contribution is 2.31. The number of aromatic amines is 1. The molecule has 0 bridgehead atoms. The van der Waals surface area contributed by atoms with Crippen LogP contribution in [0.5, 0.6) is 0 Å². The van der Waals surface area contributed by atoms with E-state index in [2.05, 4.69) is 26.3 Å². The van der Waals surface area contributed by atoms with E-state index in [1.807, 2.05) is 42.6 Å². The largest absolute Gasteiger partial charge is 0.284 e. The van der Waals surface area contributed by atoms with Gasteiger partial charge in [-0.05, 0) is 36.4 Å². The van der Waals surface area contributed by atoms with Gasteiger partial charge in [0.05, 0.1) is 45.7 Å². The van der Waals surface area contributed by atoms with E-state index in [4.69, 9.17) is 11.6 Å². The summed E-state index contributed by atoms with van der Waals surface area (Å²) in [6.45, 7) is 0.409. The van der Waals surface area contributed by atoms with Gasteiger partial charge in [0.1, 0.15) is 6.07 Å². The molecule has 0 fully saturated rings. The highest BCUT2D eigenvalue weighted by atomic mass is 35.5. The molecular formula is C24H14ClN7O. The van der Waals surface area contributed by atoms with Crippen molar-refractivity contribution in [3.63, 3.8) is 0 Å². The summed E-state index contributed by atoms with van der Waals surface area (Å²) >= 11 is 6.39. The fraction of sp³-hybridized carbons (Fsp3) is 0.0417. The number of benzene rings is 2. The van der Waals surface area contributed by atoms with Crippen LogP contribution in [0.4, 0.5) is 0 Å². The molecule has 0 saturated heterocycles. The molecule has 0 radical (unpaired) electrons. The van der Waals surface area contributed by atoms with Crippen LogP contribution in [0.2, 0.25) is 5.02 Å². The number of fused-ring (bicyclic) bond motifs is 4. The van der Waals surface area contributed by atoms with Crippen LogP contribution >= 0.6 is 11.6 Å². The lowest BCUT2D eigenvalue weighted by atomic mass is 10.1. The van der Waals surface area contributed by atoms with E-state index < -0.39 is 0 Å². The second-order valence-electron chi connectivity index (χ2n) is 7.62. The van der Waals surface area contributed by atoms with Crippen molar-refractivity contribution < 1.29 is 0 Å². The van der Waals surface area contributed by atoms with E-state index in [1.54, 1.807) is 33.8 Å². The molecule has 6 rings (SSSR count). The second-order valence-corrected chi connectivity index (χ2v) is 8.03. The van der Waals surface area contributed by atoms with Gasteiger partial charge in [0, 0.05) is 28.6 Å².